The Labute approximate surface area is 86.5 Å². The number of aliphatic hydroxyl groups excluding tert-OH is 1. The fourth-order valence-corrected chi connectivity index (χ4v) is 1.86. The van der Waals surface area contributed by atoms with E-state index in [-0.39, 0.29) is 12.4 Å². The van der Waals surface area contributed by atoms with Crippen LogP contribution in [0, 0.1) is 11.6 Å². The molecule has 0 spiro atoms. The number of hydrogen-bond donors (Lipinski definition) is 1. The van der Waals surface area contributed by atoms with Crippen LogP contribution < -0.4 is 4.74 Å². The summed E-state index contributed by atoms with van der Waals surface area (Å²) in [6.45, 7) is -0.133. The summed E-state index contributed by atoms with van der Waals surface area (Å²) in [4.78, 5) is 0. The van der Waals surface area contributed by atoms with Gasteiger partial charge in [-0.3, -0.25) is 0 Å². The lowest BCUT2D eigenvalue weighted by Crippen LogP contribution is -2.15. The lowest BCUT2D eigenvalue weighted by Gasteiger charge is -2.17. The highest BCUT2D eigenvalue weighted by Gasteiger charge is 2.47. The minimum atomic E-state index is -0.665. The summed E-state index contributed by atoms with van der Waals surface area (Å²) in [5.74, 6) is -1.13. The fourth-order valence-electron chi connectivity index (χ4n) is 1.86. The molecule has 2 nitrogen and oxygen atoms in total. The lowest BCUT2D eigenvalue weighted by molar-refractivity contribution is 0.247. The van der Waals surface area contributed by atoms with Crippen LogP contribution in [0.3, 0.4) is 0 Å². The maximum atomic E-state index is 13.6. The average molecular weight is 214 g/mol. The van der Waals surface area contributed by atoms with E-state index in [2.05, 4.69) is 0 Å². The van der Waals surface area contributed by atoms with Gasteiger partial charge >= 0.3 is 0 Å². The first kappa shape index (κ1) is 10.4. The van der Waals surface area contributed by atoms with Gasteiger partial charge in [0.15, 0.2) is 0 Å². The van der Waals surface area contributed by atoms with E-state index in [9.17, 15) is 13.9 Å². The molecule has 0 amide bonds. The molecule has 0 bridgehead atoms. The van der Waals surface area contributed by atoms with Crippen molar-refractivity contribution in [2.45, 2.75) is 18.3 Å². The normalized spacial score (nSPS) is 17.6. The Morgan fingerprint density at radius 1 is 1.40 bits per heavy atom. The van der Waals surface area contributed by atoms with Crippen molar-refractivity contribution in [2.75, 3.05) is 13.7 Å². The summed E-state index contributed by atoms with van der Waals surface area (Å²) in [7, 11) is 1.37. The van der Waals surface area contributed by atoms with Gasteiger partial charge in [-0.25, -0.2) is 8.78 Å². The van der Waals surface area contributed by atoms with Gasteiger partial charge < -0.3 is 9.84 Å². The van der Waals surface area contributed by atoms with Gasteiger partial charge in [-0.1, -0.05) is 0 Å². The van der Waals surface area contributed by atoms with E-state index < -0.39 is 17.0 Å². The predicted octanol–water partition coefficient (Wildman–Crippen LogP) is 2.00. The maximum absolute atomic E-state index is 13.6. The second-order valence-corrected chi connectivity index (χ2v) is 3.90. The van der Waals surface area contributed by atoms with Crippen LogP contribution in [-0.4, -0.2) is 18.8 Å². The molecule has 15 heavy (non-hydrogen) atoms. The summed E-state index contributed by atoms with van der Waals surface area (Å²) >= 11 is 0. The molecule has 1 aromatic rings. The van der Waals surface area contributed by atoms with Crippen LogP contribution in [0.4, 0.5) is 8.78 Å². The van der Waals surface area contributed by atoms with Crippen LogP contribution in [0.2, 0.25) is 0 Å². The predicted molar refractivity (Wildman–Crippen MR) is 50.9 cm³/mol. The van der Waals surface area contributed by atoms with Crippen molar-refractivity contribution in [2.24, 2.45) is 0 Å². The van der Waals surface area contributed by atoms with Gasteiger partial charge in [0.2, 0.25) is 0 Å². The number of methoxy groups -OCH3 is 1. The van der Waals surface area contributed by atoms with Crippen LogP contribution in [0.25, 0.3) is 0 Å². The third kappa shape index (κ3) is 1.59. The summed E-state index contributed by atoms with van der Waals surface area (Å²) in [6, 6.07) is 1.97. The zero-order chi connectivity index (χ0) is 11.1. The molecule has 1 aromatic carbocycles. The molecule has 1 saturated carbocycles. The van der Waals surface area contributed by atoms with E-state index in [1.54, 1.807) is 0 Å². The van der Waals surface area contributed by atoms with Gasteiger partial charge in [0.25, 0.3) is 0 Å². The van der Waals surface area contributed by atoms with Crippen LogP contribution >= 0.6 is 0 Å². The molecule has 0 heterocycles. The largest absolute Gasteiger partial charge is 0.496 e. The summed E-state index contributed by atoms with van der Waals surface area (Å²) in [5.41, 5.74) is -0.253. The van der Waals surface area contributed by atoms with Crippen LogP contribution in [-0.2, 0) is 5.41 Å². The molecule has 0 aliphatic heterocycles. The van der Waals surface area contributed by atoms with Crippen molar-refractivity contribution in [1.29, 1.82) is 0 Å². The fraction of sp³-hybridized carbons (Fsp3) is 0.455. The molecule has 0 saturated heterocycles. The Hall–Kier alpha value is -1.16. The van der Waals surface area contributed by atoms with E-state index in [0.29, 0.717) is 18.4 Å². The molecule has 0 atom stereocenters. The number of hydrogen-bond acceptors (Lipinski definition) is 2. The Bertz CT molecular complexity index is 386. The first-order valence-corrected chi connectivity index (χ1v) is 4.77. The molecule has 0 aromatic heterocycles. The van der Waals surface area contributed by atoms with Crippen molar-refractivity contribution in [3.05, 3.63) is 29.3 Å². The first-order chi connectivity index (χ1) is 7.13. The smallest absolute Gasteiger partial charge is 0.133 e. The van der Waals surface area contributed by atoms with Crippen molar-refractivity contribution < 1.29 is 18.6 Å². The van der Waals surface area contributed by atoms with Crippen LogP contribution in [0.5, 0.6) is 5.75 Å². The minimum absolute atomic E-state index is 0.133. The molecule has 1 N–H and O–H groups in total. The van der Waals surface area contributed by atoms with E-state index >= 15 is 0 Å². The monoisotopic (exact) mass is 214 g/mol. The topological polar surface area (TPSA) is 29.5 Å². The Morgan fingerprint density at radius 3 is 2.53 bits per heavy atom. The van der Waals surface area contributed by atoms with Gasteiger partial charge in [0, 0.05) is 23.1 Å². The van der Waals surface area contributed by atoms with Gasteiger partial charge in [-0.15, -0.1) is 0 Å². The Kier molecular flexibility index (Phi) is 2.38. The molecule has 0 radical (unpaired) electrons. The van der Waals surface area contributed by atoms with E-state index in [4.69, 9.17) is 4.74 Å². The van der Waals surface area contributed by atoms with E-state index in [0.717, 1.165) is 12.1 Å². The van der Waals surface area contributed by atoms with Gasteiger partial charge in [0.1, 0.15) is 17.4 Å². The summed E-state index contributed by atoms with van der Waals surface area (Å²) in [6.07, 6.45) is 1.42. The van der Waals surface area contributed by atoms with E-state index in [1.165, 1.54) is 7.11 Å². The molecular weight excluding hydrogens is 202 g/mol. The average Bonchev–Trinajstić information content (AvgIpc) is 2.97. The summed E-state index contributed by atoms with van der Waals surface area (Å²) < 4.78 is 31.5. The number of aliphatic hydroxyl groups is 1. The first-order valence-electron chi connectivity index (χ1n) is 4.77. The Balaban J connectivity index is 2.54. The van der Waals surface area contributed by atoms with Crippen molar-refractivity contribution in [3.8, 4) is 5.75 Å². The second kappa shape index (κ2) is 3.45. The minimum Gasteiger partial charge on any atom is -0.496 e. The zero-order valence-corrected chi connectivity index (χ0v) is 8.39. The van der Waals surface area contributed by atoms with Gasteiger partial charge in [-0.05, 0) is 12.8 Å². The maximum Gasteiger partial charge on any atom is 0.133 e. The van der Waals surface area contributed by atoms with Crippen molar-refractivity contribution in [1.82, 2.24) is 0 Å². The second-order valence-electron chi connectivity index (χ2n) is 3.90. The number of rotatable bonds is 3. The number of benzene rings is 1. The van der Waals surface area contributed by atoms with Gasteiger partial charge in [0.05, 0.1) is 13.7 Å². The van der Waals surface area contributed by atoms with Crippen LogP contribution in [0.1, 0.15) is 18.4 Å². The molecule has 0 unspecified atom stereocenters. The highest BCUT2D eigenvalue weighted by Crippen LogP contribution is 2.51. The molecule has 2 rings (SSSR count). The van der Waals surface area contributed by atoms with Crippen LogP contribution in [0.15, 0.2) is 12.1 Å². The molecule has 1 fully saturated rings. The molecular formula is C11H12F2O2. The third-order valence-corrected chi connectivity index (χ3v) is 2.93. The highest BCUT2D eigenvalue weighted by molar-refractivity contribution is 5.44. The highest BCUT2D eigenvalue weighted by atomic mass is 19.1. The van der Waals surface area contributed by atoms with Gasteiger partial charge in [-0.2, -0.15) is 0 Å². The molecule has 1 aliphatic carbocycles. The van der Waals surface area contributed by atoms with Crippen molar-refractivity contribution >= 4 is 0 Å². The standard InChI is InChI=1S/C11H12F2O2/c1-15-9-5-7(12)4-8(13)10(9)11(6-14)2-3-11/h4-5,14H,2-3,6H2,1H3. The molecule has 4 heteroatoms. The molecule has 82 valence electrons. The lowest BCUT2D eigenvalue weighted by atomic mass is 9.95. The third-order valence-electron chi connectivity index (χ3n) is 2.93. The number of ether oxygens (including phenoxy) is 1. The van der Waals surface area contributed by atoms with Crippen molar-refractivity contribution in [3.63, 3.8) is 0 Å². The Morgan fingerprint density at radius 2 is 2.07 bits per heavy atom. The SMILES string of the molecule is COc1cc(F)cc(F)c1C1(CO)CC1. The summed E-state index contributed by atoms with van der Waals surface area (Å²) in [5, 5.41) is 9.21. The van der Waals surface area contributed by atoms with E-state index in [1.807, 2.05) is 0 Å². The zero-order valence-electron chi connectivity index (χ0n) is 8.39. The molecule has 1 aliphatic rings. The number of halogens is 2. The quantitative estimate of drug-likeness (QED) is 0.833.